The van der Waals surface area contributed by atoms with Crippen molar-refractivity contribution in [2.75, 3.05) is 18.5 Å². The topological polar surface area (TPSA) is 50.1 Å². The molecule has 0 unspecified atom stereocenters. The lowest BCUT2D eigenvalue weighted by molar-refractivity contribution is 0.278. The third-order valence-corrected chi connectivity index (χ3v) is 3.23. The molecule has 1 aromatic carbocycles. The molecule has 0 amide bonds. The molecule has 4 nitrogen and oxygen atoms in total. The van der Waals surface area contributed by atoms with Crippen molar-refractivity contribution in [3.05, 3.63) is 23.8 Å². The van der Waals surface area contributed by atoms with E-state index in [2.05, 4.69) is 53.8 Å². The zero-order valence-corrected chi connectivity index (χ0v) is 12.0. The molecule has 0 spiro atoms. The molecule has 0 fully saturated rings. The second-order valence-corrected chi connectivity index (χ2v) is 5.41. The fourth-order valence-electron chi connectivity index (χ4n) is 2.17. The van der Waals surface area contributed by atoms with Crippen molar-refractivity contribution in [2.45, 2.75) is 33.7 Å². The minimum absolute atomic E-state index is 0.123. The van der Waals surface area contributed by atoms with Crippen LogP contribution in [0.15, 0.2) is 18.2 Å². The van der Waals surface area contributed by atoms with E-state index < -0.39 is 0 Å². The highest BCUT2D eigenvalue weighted by Crippen LogP contribution is 2.21. The molecule has 2 aromatic rings. The molecule has 19 heavy (non-hydrogen) atoms. The Hall–Kier alpha value is -1.55. The summed E-state index contributed by atoms with van der Waals surface area (Å²) in [5.74, 6) is 1.53. The van der Waals surface area contributed by atoms with E-state index in [-0.39, 0.29) is 6.61 Å². The molecule has 0 aliphatic rings. The summed E-state index contributed by atoms with van der Waals surface area (Å²) in [6, 6.07) is 6.23. The molecule has 1 heterocycles. The lowest BCUT2D eigenvalue weighted by Gasteiger charge is -2.10. The summed E-state index contributed by atoms with van der Waals surface area (Å²) in [5, 5.41) is 12.6. The zero-order valence-electron chi connectivity index (χ0n) is 12.0. The zero-order chi connectivity index (χ0) is 13.8. The van der Waals surface area contributed by atoms with Crippen LogP contribution in [0.1, 0.15) is 25.8 Å². The minimum atomic E-state index is 0.123. The quantitative estimate of drug-likeness (QED) is 0.840. The van der Waals surface area contributed by atoms with E-state index >= 15 is 0 Å². The van der Waals surface area contributed by atoms with Gasteiger partial charge in [-0.2, -0.15) is 0 Å². The summed E-state index contributed by atoms with van der Waals surface area (Å²) in [6.07, 6.45) is 1.11. The number of hydrogen-bond donors (Lipinski definition) is 2. The smallest absolute Gasteiger partial charge is 0.203 e. The Balaban J connectivity index is 2.27. The Morgan fingerprint density at radius 2 is 2.16 bits per heavy atom. The van der Waals surface area contributed by atoms with Gasteiger partial charge in [-0.05, 0) is 37.0 Å². The van der Waals surface area contributed by atoms with E-state index in [4.69, 9.17) is 0 Å². The largest absolute Gasteiger partial charge is 0.395 e. The fraction of sp³-hybridized carbons (Fsp3) is 0.533. The molecule has 104 valence electrons. The van der Waals surface area contributed by atoms with Crippen molar-refractivity contribution >= 4 is 17.0 Å². The molecule has 0 bridgehead atoms. The first-order chi connectivity index (χ1) is 9.11. The van der Waals surface area contributed by atoms with Crippen LogP contribution in [0.25, 0.3) is 11.0 Å². The lowest BCUT2D eigenvalue weighted by Crippen LogP contribution is -2.12. The first kappa shape index (κ1) is 13.9. The van der Waals surface area contributed by atoms with Crippen molar-refractivity contribution in [2.24, 2.45) is 5.92 Å². The number of rotatable bonds is 6. The van der Waals surface area contributed by atoms with Crippen LogP contribution in [0.5, 0.6) is 0 Å². The Morgan fingerprint density at radius 1 is 1.37 bits per heavy atom. The molecule has 2 rings (SSSR count). The van der Waals surface area contributed by atoms with Crippen molar-refractivity contribution in [1.82, 2.24) is 9.55 Å². The molecule has 0 saturated carbocycles. The maximum atomic E-state index is 9.21. The molecule has 0 saturated heterocycles. The van der Waals surface area contributed by atoms with Crippen LogP contribution in [0.4, 0.5) is 5.95 Å². The van der Waals surface area contributed by atoms with Gasteiger partial charge in [0, 0.05) is 13.1 Å². The third-order valence-electron chi connectivity index (χ3n) is 3.23. The van der Waals surface area contributed by atoms with Gasteiger partial charge in [0.05, 0.1) is 17.6 Å². The van der Waals surface area contributed by atoms with Gasteiger partial charge in [-0.15, -0.1) is 0 Å². The second kappa shape index (κ2) is 6.06. The lowest BCUT2D eigenvalue weighted by atomic mass is 10.1. The molecule has 2 N–H and O–H groups in total. The SMILES string of the molecule is Cc1ccc2c(c1)nc(NCCC(C)C)n2CCO. The summed E-state index contributed by atoms with van der Waals surface area (Å²) >= 11 is 0. The number of aliphatic hydroxyl groups excluding tert-OH is 1. The number of aromatic nitrogens is 2. The van der Waals surface area contributed by atoms with E-state index in [1.807, 2.05) is 0 Å². The highest BCUT2D eigenvalue weighted by molar-refractivity contribution is 5.79. The van der Waals surface area contributed by atoms with Gasteiger partial charge >= 0.3 is 0 Å². The monoisotopic (exact) mass is 261 g/mol. The van der Waals surface area contributed by atoms with Crippen molar-refractivity contribution in [3.8, 4) is 0 Å². The number of hydrogen-bond acceptors (Lipinski definition) is 3. The predicted octanol–water partition coefficient (Wildman–Crippen LogP) is 2.80. The normalized spacial score (nSPS) is 11.4. The number of aryl methyl sites for hydroxylation is 1. The van der Waals surface area contributed by atoms with E-state index in [9.17, 15) is 5.11 Å². The van der Waals surface area contributed by atoms with E-state index in [0.717, 1.165) is 29.9 Å². The number of anilines is 1. The predicted molar refractivity (Wildman–Crippen MR) is 79.5 cm³/mol. The van der Waals surface area contributed by atoms with E-state index in [1.165, 1.54) is 5.56 Å². The standard InChI is InChI=1S/C15H23N3O/c1-11(2)6-7-16-15-17-13-10-12(3)4-5-14(13)18(15)8-9-19/h4-5,10-11,19H,6-9H2,1-3H3,(H,16,17). The van der Waals surface area contributed by atoms with Crippen LogP contribution in [0, 0.1) is 12.8 Å². The van der Waals surface area contributed by atoms with Gasteiger partial charge in [0.2, 0.25) is 5.95 Å². The molecule has 0 radical (unpaired) electrons. The first-order valence-electron chi connectivity index (χ1n) is 6.93. The molecule has 0 atom stereocenters. The summed E-state index contributed by atoms with van der Waals surface area (Å²) in [7, 11) is 0. The maximum Gasteiger partial charge on any atom is 0.203 e. The van der Waals surface area contributed by atoms with Crippen LogP contribution >= 0.6 is 0 Å². The van der Waals surface area contributed by atoms with Gasteiger partial charge in [0.25, 0.3) is 0 Å². The van der Waals surface area contributed by atoms with Crippen LogP contribution in [0.2, 0.25) is 0 Å². The Bertz CT molecular complexity index is 546. The average Bonchev–Trinajstić information content (AvgIpc) is 2.67. The van der Waals surface area contributed by atoms with Crippen molar-refractivity contribution in [3.63, 3.8) is 0 Å². The van der Waals surface area contributed by atoms with Crippen LogP contribution in [0.3, 0.4) is 0 Å². The Morgan fingerprint density at radius 3 is 2.84 bits per heavy atom. The number of benzene rings is 1. The number of aliphatic hydroxyl groups is 1. The number of fused-ring (bicyclic) bond motifs is 1. The van der Waals surface area contributed by atoms with E-state index in [1.54, 1.807) is 0 Å². The summed E-state index contributed by atoms with van der Waals surface area (Å²) < 4.78 is 2.05. The number of imidazole rings is 1. The molecular weight excluding hydrogens is 238 g/mol. The Labute approximate surface area is 114 Å². The van der Waals surface area contributed by atoms with Gasteiger partial charge in [-0.1, -0.05) is 19.9 Å². The summed E-state index contributed by atoms with van der Waals surface area (Å²) in [6.45, 7) is 8.09. The first-order valence-corrected chi connectivity index (χ1v) is 6.93. The van der Waals surface area contributed by atoms with Gasteiger partial charge in [-0.3, -0.25) is 0 Å². The fourth-order valence-corrected chi connectivity index (χ4v) is 2.17. The van der Waals surface area contributed by atoms with Gasteiger partial charge < -0.3 is 15.0 Å². The van der Waals surface area contributed by atoms with Crippen molar-refractivity contribution in [1.29, 1.82) is 0 Å². The van der Waals surface area contributed by atoms with Crippen molar-refractivity contribution < 1.29 is 5.11 Å². The molecule has 0 aliphatic carbocycles. The van der Waals surface area contributed by atoms with Crippen LogP contribution in [-0.4, -0.2) is 27.8 Å². The second-order valence-electron chi connectivity index (χ2n) is 5.41. The Kier molecular flexibility index (Phi) is 4.43. The third kappa shape index (κ3) is 3.26. The molecule has 0 aliphatic heterocycles. The average molecular weight is 261 g/mol. The summed E-state index contributed by atoms with van der Waals surface area (Å²) in [4.78, 5) is 4.63. The number of nitrogens with zero attached hydrogens (tertiary/aromatic N) is 2. The molecular formula is C15H23N3O. The maximum absolute atomic E-state index is 9.21. The van der Waals surface area contributed by atoms with Crippen LogP contribution in [-0.2, 0) is 6.54 Å². The van der Waals surface area contributed by atoms with Crippen LogP contribution < -0.4 is 5.32 Å². The number of nitrogens with one attached hydrogen (secondary N) is 1. The van der Waals surface area contributed by atoms with Gasteiger partial charge in [0.1, 0.15) is 0 Å². The molecule has 1 aromatic heterocycles. The highest BCUT2D eigenvalue weighted by atomic mass is 16.3. The summed E-state index contributed by atoms with van der Waals surface area (Å²) in [5.41, 5.74) is 3.27. The minimum Gasteiger partial charge on any atom is -0.395 e. The highest BCUT2D eigenvalue weighted by Gasteiger charge is 2.10. The van der Waals surface area contributed by atoms with Gasteiger partial charge in [-0.25, -0.2) is 4.98 Å². The van der Waals surface area contributed by atoms with E-state index in [0.29, 0.717) is 12.5 Å². The molecule has 4 heteroatoms. The van der Waals surface area contributed by atoms with Gasteiger partial charge in [0.15, 0.2) is 0 Å².